The molecule has 0 radical (unpaired) electrons. The summed E-state index contributed by atoms with van der Waals surface area (Å²) in [5.74, 6) is 0. The molecule has 6 nitrogen and oxygen atoms in total. The number of nitrogens with zero attached hydrogens (tertiary/aromatic N) is 2. The molecule has 0 bridgehead atoms. The van der Waals surface area contributed by atoms with Crippen molar-refractivity contribution in [1.29, 1.82) is 0 Å². The van der Waals surface area contributed by atoms with Crippen LogP contribution in [0, 0.1) is 0 Å². The van der Waals surface area contributed by atoms with Crippen molar-refractivity contribution < 1.29 is 4.57 Å². The van der Waals surface area contributed by atoms with Crippen molar-refractivity contribution in [2.45, 2.75) is 5.16 Å². The Kier molecular flexibility index (Phi) is 3.19. The third-order valence-corrected chi connectivity index (χ3v) is 2.72. The van der Waals surface area contributed by atoms with Gasteiger partial charge in [-0.15, -0.1) is 0 Å². The van der Waals surface area contributed by atoms with Crippen molar-refractivity contribution in [2.24, 2.45) is 11.0 Å². The van der Waals surface area contributed by atoms with Gasteiger partial charge >= 0.3 is 0 Å². The van der Waals surface area contributed by atoms with Crippen LogP contribution < -0.4 is 15.5 Å². The Balaban J connectivity index is 2.50. The molecule has 0 unspecified atom stereocenters. The Hall–Kier alpha value is -0.460. The highest BCUT2D eigenvalue weighted by molar-refractivity contribution is 8.02. The topological polar surface area (TPSA) is 107 Å². The van der Waals surface area contributed by atoms with E-state index in [1.54, 1.807) is 18.5 Å². The van der Waals surface area contributed by atoms with Crippen LogP contribution in [0.15, 0.2) is 23.6 Å². The lowest BCUT2D eigenvalue weighted by atomic mass is 10.7. The first-order valence-electron chi connectivity index (χ1n) is 2.96. The zero-order valence-electron chi connectivity index (χ0n) is 6.04. The maximum absolute atomic E-state index is 10.8. The van der Waals surface area contributed by atoms with E-state index in [9.17, 15) is 4.57 Å². The molecule has 66 valence electrons. The molecule has 1 rings (SSSR count). The molecular weight excluding hydrogens is 197 g/mol. The van der Waals surface area contributed by atoms with Crippen LogP contribution in [0.2, 0.25) is 0 Å². The number of aromatic nitrogens is 2. The second-order valence-corrected chi connectivity index (χ2v) is 4.65. The van der Waals surface area contributed by atoms with Crippen molar-refractivity contribution in [1.82, 2.24) is 14.5 Å². The Morgan fingerprint density at radius 1 is 1.42 bits per heavy atom. The molecule has 1 heterocycles. The third-order valence-electron chi connectivity index (χ3n) is 0.822. The Labute approximate surface area is 73.8 Å². The number of rotatable bonds is 3. The van der Waals surface area contributed by atoms with Gasteiger partial charge in [0.05, 0.1) is 0 Å². The van der Waals surface area contributed by atoms with Crippen LogP contribution in [-0.4, -0.2) is 9.97 Å². The quantitative estimate of drug-likeness (QED) is 0.365. The first-order valence-corrected chi connectivity index (χ1v) is 5.62. The molecule has 12 heavy (non-hydrogen) atoms. The fraction of sp³-hybridized carbons (Fsp3) is 0. The van der Waals surface area contributed by atoms with Crippen LogP contribution in [0.5, 0.6) is 0 Å². The summed E-state index contributed by atoms with van der Waals surface area (Å²) in [6.07, 6.45) is 3.13. The van der Waals surface area contributed by atoms with Gasteiger partial charge in [-0.2, -0.15) is 4.49 Å². The van der Waals surface area contributed by atoms with E-state index < -0.39 is 7.59 Å². The van der Waals surface area contributed by atoms with Crippen molar-refractivity contribution in [2.75, 3.05) is 0 Å². The van der Waals surface area contributed by atoms with E-state index in [4.69, 9.17) is 11.0 Å². The second kappa shape index (κ2) is 3.97. The minimum Gasteiger partial charge on any atom is -0.271 e. The number of hydrogen-bond acceptors (Lipinski definition) is 4. The first kappa shape index (κ1) is 9.63. The molecule has 0 aliphatic heterocycles. The van der Waals surface area contributed by atoms with Crippen LogP contribution in [0.25, 0.3) is 0 Å². The standard InChI is InChI=1S/C4H8N5OPS/c5-11(6,10)9-12-4-7-2-1-3-8-4/h1-3H,(H5,5,6,9,10). The molecule has 0 amide bonds. The highest BCUT2D eigenvalue weighted by Gasteiger charge is 2.07. The minimum atomic E-state index is -3.20. The molecule has 0 saturated heterocycles. The summed E-state index contributed by atoms with van der Waals surface area (Å²) in [6, 6.07) is 1.68. The average Bonchev–Trinajstić information content (AvgIpc) is 2.02. The largest absolute Gasteiger partial charge is 0.283 e. The monoisotopic (exact) mass is 205 g/mol. The van der Waals surface area contributed by atoms with Gasteiger partial charge < -0.3 is 0 Å². The number of hydrogen-bond donors (Lipinski definition) is 3. The van der Waals surface area contributed by atoms with Crippen LogP contribution in [0.3, 0.4) is 0 Å². The summed E-state index contributed by atoms with van der Waals surface area (Å²) in [5, 5.41) is 0.425. The van der Waals surface area contributed by atoms with Crippen LogP contribution in [0.4, 0.5) is 0 Å². The maximum atomic E-state index is 10.8. The molecule has 1 aromatic heterocycles. The zero-order valence-corrected chi connectivity index (χ0v) is 7.76. The van der Waals surface area contributed by atoms with E-state index in [1.165, 1.54) is 0 Å². The van der Waals surface area contributed by atoms with E-state index in [2.05, 4.69) is 14.5 Å². The molecule has 8 heteroatoms. The van der Waals surface area contributed by atoms with Gasteiger partial charge in [0.25, 0.3) is 7.59 Å². The minimum absolute atomic E-state index is 0.425. The molecule has 0 aliphatic rings. The highest BCUT2D eigenvalue weighted by atomic mass is 32.2. The lowest BCUT2D eigenvalue weighted by Crippen LogP contribution is -2.16. The fourth-order valence-corrected chi connectivity index (χ4v) is 1.57. The zero-order chi connectivity index (χ0) is 9.03. The van der Waals surface area contributed by atoms with E-state index in [-0.39, 0.29) is 0 Å². The molecule has 0 saturated carbocycles. The Morgan fingerprint density at radius 3 is 2.50 bits per heavy atom. The molecule has 1 aromatic rings. The van der Waals surface area contributed by atoms with E-state index in [1.807, 2.05) is 0 Å². The van der Waals surface area contributed by atoms with E-state index >= 15 is 0 Å². The lowest BCUT2D eigenvalue weighted by Gasteiger charge is -2.05. The molecule has 0 aromatic carbocycles. The number of nitrogens with two attached hydrogens (primary N) is 2. The van der Waals surface area contributed by atoms with Gasteiger partial charge in [0.15, 0.2) is 0 Å². The predicted octanol–water partition coefficient (Wildman–Crippen LogP) is 0.0988. The van der Waals surface area contributed by atoms with Gasteiger partial charge in [-0.1, -0.05) is 0 Å². The fourth-order valence-electron chi connectivity index (χ4n) is 0.450. The van der Waals surface area contributed by atoms with E-state index in [0.717, 1.165) is 11.9 Å². The highest BCUT2D eigenvalue weighted by Crippen LogP contribution is 2.24. The molecule has 0 spiro atoms. The van der Waals surface area contributed by atoms with Gasteiger partial charge in [-0.25, -0.2) is 9.97 Å². The SMILES string of the molecule is NP(N)(=O)NSc1ncccn1. The second-order valence-electron chi connectivity index (χ2n) is 1.93. The van der Waals surface area contributed by atoms with Gasteiger partial charge in [0.2, 0.25) is 5.16 Å². The summed E-state index contributed by atoms with van der Waals surface area (Å²) in [4.78, 5) is 7.68. The average molecular weight is 205 g/mol. The maximum Gasteiger partial charge on any atom is 0.283 e. The predicted molar refractivity (Wildman–Crippen MR) is 47.0 cm³/mol. The molecule has 0 aliphatic carbocycles. The third kappa shape index (κ3) is 3.80. The van der Waals surface area contributed by atoms with Crippen molar-refractivity contribution >= 4 is 19.5 Å². The summed E-state index contributed by atoms with van der Waals surface area (Å²) in [6.45, 7) is 0. The van der Waals surface area contributed by atoms with Gasteiger partial charge in [-0.05, 0) is 6.07 Å². The molecule has 0 atom stereocenters. The lowest BCUT2D eigenvalue weighted by molar-refractivity contribution is 0.575. The number of nitrogens with one attached hydrogen (secondary N) is 1. The van der Waals surface area contributed by atoms with Crippen LogP contribution >= 0.6 is 19.5 Å². The van der Waals surface area contributed by atoms with E-state index in [0.29, 0.717) is 5.16 Å². The Morgan fingerprint density at radius 2 is 2.00 bits per heavy atom. The summed E-state index contributed by atoms with van der Waals surface area (Å²) in [5.41, 5.74) is 10.1. The summed E-state index contributed by atoms with van der Waals surface area (Å²) >= 11 is 0.942. The molecular formula is C4H8N5OPS. The molecule has 0 fully saturated rings. The normalized spacial score (nSPS) is 11.5. The smallest absolute Gasteiger partial charge is 0.271 e. The van der Waals surface area contributed by atoms with Gasteiger partial charge in [0, 0.05) is 24.3 Å². The van der Waals surface area contributed by atoms with Gasteiger partial charge in [0.1, 0.15) is 0 Å². The van der Waals surface area contributed by atoms with Crippen molar-refractivity contribution in [3.63, 3.8) is 0 Å². The van der Waals surface area contributed by atoms with Crippen molar-refractivity contribution in [3.05, 3.63) is 18.5 Å². The van der Waals surface area contributed by atoms with Crippen LogP contribution in [0.1, 0.15) is 0 Å². The first-order chi connectivity index (χ1) is 5.58. The van der Waals surface area contributed by atoms with Crippen LogP contribution in [-0.2, 0) is 4.57 Å². The summed E-state index contributed by atoms with van der Waals surface area (Å²) in [7, 11) is -3.20. The summed E-state index contributed by atoms with van der Waals surface area (Å²) < 4.78 is 13.1. The Bertz CT molecular complexity index is 287. The molecule has 5 N–H and O–H groups in total. The van der Waals surface area contributed by atoms with Crippen molar-refractivity contribution in [3.8, 4) is 0 Å². The van der Waals surface area contributed by atoms with Gasteiger partial charge in [-0.3, -0.25) is 15.6 Å².